The predicted molar refractivity (Wildman–Crippen MR) is 137 cm³/mol. The number of nitrogens with zero attached hydrogens (tertiary/aromatic N) is 3. The van der Waals surface area contributed by atoms with Crippen molar-refractivity contribution >= 4 is 41.7 Å². The SMILES string of the molecule is CCC(CC)C(CNC(=NC)NCCC(=O)Nc1ccc(C)cn1)N1CCOCC1.I. The van der Waals surface area contributed by atoms with Gasteiger partial charge >= 0.3 is 0 Å². The number of ether oxygens (including phenoxy) is 1. The van der Waals surface area contributed by atoms with Crippen LogP contribution < -0.4 is 16.0 Å². The molecule has 9 heteroatoms. The molecule has 2 heterocycles. The summed E-state index contributed by atoms with van der Waals surface area (Å²) in [5.74, 6) is 1.85. The number of rotatable bonds is 10. The van der Waals surface area contributed by atoms with Crippen LogP contribution in [0.15, 0.2) is 23.3 Å². The molecule has 0 spiro atoms. The van der Waals surface area contributed by atoms with E-state index in [4.69, 9.17) is 4.74 Å². The number of anilines is 1. The van der Waals surface area contributed by atoms with Crippen molar-refractivity contribution in [1.29, 1.82) is 0 Å². The normalized spacial score (nSPS) is 15.8. The molecule has 0 bridgehead atoms. The van der Waals surface area contributed by atoms with Crippen LogP contribution in [0.2, 0.25) is 0 Å². The fourth-order valence-corrected chi connectivity index (χ4v) is 3.80. The molecule has 1 fully saturated rings. The second kappa shape index (κ2) is 15.4. The third-order valence-electron chi connectivity index (χ3n) is 5.63. The number of carbonyl (C=O) groups excluding carboxylic acids is 1. The minimum Gasteiger partial charge on any atom is -0.379 e. The number of hydrogen-bond donors (Lipinski definition) is 3. The minimum absolute atomic E-state index is 0. The molecule has 31 heavy (non-hydrogen) atoms. The average Bonchev–Trinajstić information content (AvgIpc) is 2.77. The maximum atomic E-state index is 12.1. The third kappa shape index (κ3) is 9.69. The Morgan fingerprint density at radius 3 is 2.52 bits per heavy atom. The van der Waals surface area contributed by atoms with Crippen molar-refractivity contribution in [2.45, 2.75) is 46.1 Å². The maximum Gasteiger partial charge on any atom is 0.227 e. The number of carbonyl (C=O) groups is 1. The Labute approximate surface area is 204 Å². The molecule has 0 saturated carbocycles. The lowest BCUT2D eigenvalue weighted by Crippen LogP contribution is -2.53. The van der Waals surface area contributed by atoms with Crippen LogP contribution in [0.4, 0.5) is 5.82 Å². The summed E-state index contributed by atoms with van der Waals surface area (Å²) in [5.41, 5.74) is 1.06. The number of morpholine rings is 1. The van der Waals surface area contributed by atoms with E-state index in [0.717, 1.165) is 57.2 Å². The van der Waals surface area contributed by atoms with E-state index in [0.29, 0.717) is 30.7 Å². The van der Waals surface area contributed by atoms with Crippen LogP contribution in [0.1, 0.15) is 38.7 Å². The van der Waals surface area contributed by atoms with Crippen molar-refractivity contribution in [2.75, 3.05) is 51.8 Å². The highest BCUT2D eigenvalue weighted by Crippen LogP contribution is 2.19. The molecule has 1 aromatic rings. The monoisotopic (exact) mass is 546 g/mol. The number of halogens is 1. The van der Waals surface area contributed by atoms with Crippen LogP contribution in [-0.2, 0) is 9.53 Å². The lowest BCUT2D eigenvalue weighted by Gasteiger charge is -2.39. The van der Waals surface area contributed by atoms with E-state index in [1.165, 1.54) is 0 Å². The zero-order valence-corrected chi connectivity index (χ0v) is 21.6. The van der Waals surface area contributed by atoms with E-state index in [2.05, 4.69) is 44.7 Å². The summed E-state index contributed by atoms with van der Waals surface area (Å²) >= 11 is 0. The van der Waals surface area contributed by atoms with Gasteiger partial charge in [0.1, 0.15) is 5.82 Å². The summed E-state index contributed by atoms with van der Waals surface area (Å²) in [4.78, 5) is 23.2. The highest BCUT2D eigenvalue weighted by Gasteiger charge is 2.27. The minimum atomic E-state index is -0.0717. The highest BCUT2D eigenvalue weighted by atomic mass is 127. The maximum absolute atomic E-state index is 12.1. The smallest absolute Gasteiger partial charge is 0.227 e. The second-order valence-electron chi connectivity index (χ2n) is 7.69. The first kappa shape index (κ1) is 27.6. The number of aliphatic imine (C=N–C) groups is 1. The third-order valence-corrected chi connectivity index (χ3v) is 5.63. The molecule has 1 aliphatic heterocycles. The molecule has 0 aromatic carbocycles. The molecule has 1 unspecified atom stereocenters. The summed E-state index contributed by atoms with van der Waals surface area (Å²) in [6.45, 7) is 11.4. The predicted octanol–water partition coefficient (Wildman–Crippen LogP) is 2.64. The van der Waals surface area contributed by atoms with Crippen molar-refractivity contribution in [2.24, 2.45) is 10.9 Å². The molecule has 0 radical (unpaired) electrons. The Morgan fingerprint density at radius 2 is 1.94 bits per heavy atom. The zero-order chi connectivity index (χ0) is 21.8. The molecule has 2 rings (SSSR count). The summed E-state index contributed by atoms with van der Waals surface area (Å²) in [5, 5.41) is 9.52. The first-order valence-electron chi connectivity index (χ1n) is 11.1. The van der Waals surface area contributed by atoms with Gasteiger partial charge in [0.05, 0.1) is 13.2 Å². The molecule has 1 aliphatic rings. The second-order valence-corrected chi connectivity index (χ2v) is 7.69. The van der Waals surface area contributed by atoms with Gasteiger partial charge in [0, 0.05) is 51.9 Å². The molecule has 1 atom stereocenters. The summed E-state index contributed by atoms with van der Waals surface area (Å²) in [6.07, 6.45) is 4.39. The molecule has 3 N–H and O–H groups in total. The van der Waals surface area contributed by atoms with Gasteiger partial charge in [-0.1, -0.05) is 32.8 Å². The average molecular weight is 546 g/mol. The Morgan fingerprint density at radius 1 is 1.23 bits per heavy atom. The van der Waals surface area contributed by atoms with E-state index in [9.17, 15) is 4.79 Å². The van der Waals surface area contributed by atoms with Gasteiger partial charge in [-0.25, -0.2) is 4.98 Å². The molecule has 0 aliphatic carbocycles. The topological polar surface area (TPSA) is 90.9 Å². The number of aryl methyl sites for hydroxylation is 1. The fraction of sp³-hybridized carbons (Fsp3) is 0.682. The van der Waals surface area contributed by atoms with Crippen LogP contribution >= 0.6 is 24.0 Å². The largest absolute Gasteiger partial charge is 0.379 e. The lowest BCUT2D eigenvalue weighted by molar-refractivity contribution is -0.116. The van der Waals surface area contributed by atoms with Crippen molar-refractivity contribution in [3.63, 3.8) is 0 Å². The molecule has 176 valence electrons. The van der Waals surface area contributed by atoms with Gasteiger partial charge in [-0.05, 0) is 24.5 Å². The summed E-state index contributed by atoms with van der Waals surface area (Å²) in [6, 6.07) is 4.18. The van der Waals surface area contributed by atoms with Crippen molar-refractivity contribution in [3.8, 4) is 0 Å². The van der Waals surface area contributed by atoms with Crippen LogP contribution in [0.3, 0.4) is 0 Å². The number of hydrogen-bond acceptors (Lipinski definition) is 5. The van der Waals surface area contributed by atoms with Gasteiger partial charge in [0.2, 0.25) is 5.91 Å². The van der Waals surface area contributed by atoms with Crippen molar-refractivity contribution in [1.82, 2.24) is 20.5 Å². The molecular weight excluding hydrogens is 507 g/mol. The Balaban J connectivity index is 0.00000480. The van der Waals surface area contributed by atoms with E-state index in [-0.39, 0.29) is 29.9 Å². The first-order valence-corrected chi connectivity index (χ1v) is 11.1. The van der Waals surface area contributed by atoms with E-state index >= 15 is 0 Å². The van der Waals surface area contributed by atoms with E-state index < -0.39 is 0 Å². The first-order chi connectivity index (χ1) is 14.6. The lowest BCUT2D eigenvalue weighted by atomic mass is 9.92. The van der Waals surface area contributed by atoms with Gasteiger partial charge in [-0.2, -0.15) is 0 Å². The van der Waals surface area contributed by atoms with Crippen LogP contribution in [0, 0.1) is 12.8 Å². The van der Waals surface area contributed by atoms with Gasteiger partial charge in [-0.15, -0.1) is 24.0 Å². The van der Waals surface area contributed by atoms with Crippen LogP contribution in [0.25, 0.3) is 0 Å². The number of guanidine groups is 1. The van der Waals surface area contributed by atoms with E-state index in [1.54, 1.807) is 13.2 Å². The van der Waals surface area contributed by atoms with Crippen molar-refractivity contribution < 1.29 is 9.53 Å². The van der Waals surface area contributed by atoms with Gasteiger partial charge in [-0.3, -0.25) is 14.7 Å². The van der Waals surface area contributed by atoms with Crippen LogP contribution in [-0.4, -0.2) is 74.2 Å². The Bertz CT molecular complexity index is 660. The van der Waals surface area contributed by atoms with E-state index in [1.807, 2.05) is 19.1 Å². The number of nitrogens with one attached hydrogen (secondary N) is 3. The summed E-state index contributed by atoms with van der Waals surface area (Å²) in [7, 11) is 1.76. The van der Waals surface area contributed by atoms with Crippen LogP contribution in [0.5, 0.6) is 0 Å². The standard InChI is InChI=1S/C22H38N6O2.HI/c1-5-18(6-2)19(28-11-13-30-14-12-28)16-26-22(23-4)24-10-9-21(29)27-20-8-7-17(3)15-25-20;/h7-8,15,18-19H,5-6,9-14,16H2,1-4H3,(H2,23,24,26)(H,25,27,29);1H. The fourth-order valence-electron chi connectivity index (χ4n) is 3.80. The highest BCUT2D eigenvalue weighted by molar-refractivity contribution is 14.0. The summed E-state index contributed by atoms with van der Waals surface area (Å²) < 4.78 is 5.53. The number of pyridine rings is 1. The molecular formula is C22H39IN6O2. The quantitative estimate of drug-likeness (QED) is 0.238. The van der Waals surface area contributed by atoms with Gasteiger partial charge in [0.15, 0.2) is 5.96 Å². The molecule has 1 amide bonds. The zero-order valence-electron chi connectivity index (χ0n) is 19.3. The number of aromatic nitrogens is 1. The Kier molecular flexibility index (Phi) is 13.7. The molecule has 1 aromatic heterocycles. The van der Waals surface area contributed by atoms with Crippen molar-refractivity contribution in [3.05, 3.63) is 23.9 Å². The van der Waals surface area contributed by atoms with Gasteiger partial charge < -0.3 is 20.7 Å². The van der Waals surface area contributed by atoms with Gasteiger partial charge in [0.25, 0.3) is 0 Å². The molecule has 1 saturated heterocycles. The Hall–Kier alpha value is -1.46. The number of amides is 1. The molecule has 8 nitrogen and oxygen atoms in total.